The number of hydrogen-bond donors (Lipinski definition) is 1. The smallest absolute Gasteiger partial charge is 0.0594 e. The van der Waals surface area contributed by atoms with Crippen molar-refractivity contribution < 1.29 is 4.74 Å². The van der Waals surface area contributed by atoms with Gasteiger partial charge >= 0.3 is 0 Å². The second-order valence-corrected chi connectivity index (χ2v) is 5.82. The van der Waals surface area contributed by atoms with Gasteiger partial charge in [0.25, 0.3) is 0 Å². The van der Waals surface area contributed by atoms with Crippen LogP contribution in [-0.4, -0.2) is 50.3 Å². The molecule has 2 fully saturated rings. The van der Waals surface area contributed by atoms with E-state index in [2.05, 4.69) is 17.1 Å². The van der Waals surface area contributed by atoms with Crippen molar-refractivity contribution >= 4 is 0 Å². The first kappa shape index (κ1) is 14.3. The summed E-state index contributed by atoms with van der Waals surface area (Å²) < 4.78 is 5.37. The van der Waals surface area contributed by atoms with Gasteiger partial charge < -0.3 is 10.1 Å². The van der Waals surface area contributed by atoms with Crippen molar-refractivity contribution in [2.45, 2.75) is 51.5 Å². The molecule has 0 aromatic heterocycles. The van der Waals surface area contributed by atoms with Crippen LogP contribution in [0.3, 0.4) is 0 Å². The molecule has 0 spiro atoms. The Morgan fingerprint density at radius 3 is 2.72 bits per heavy atom. The summed E-state index contributed by atoms with van der Waals surface area (Å²) in [6.45, 7) is 8.88. The second-order valence-electron chi connectivity index (χ2n) is 5.82. The molecule has 2 rings (SSSR count). The largest absolute Gasteiger partial charge is 0.379 e. The molecular weight excluding hydrogens is 224 g/mol. The topological polar surface area (TPSA) is 24.5 Å². The van der Waals surface area contributed by atoms with Crippen LogP contribution in [0, 0.1) is 5.92 Å². The molecule has 0 bridgehead atoms. The summed E-state index contributed by atoms with van der Waals surface area (Å²) in [7, 11) is 0. The minimum absolute atomic E-state index is 0.799. The quantitative estimate of drug-likeness (QED) is 0.736. The van der Waals surface area contributed by atoms with E-state index in [-0.39, 0.29) is 0 Å². The van der Waals surface area contributed by atoms with Crippen molar-refractivity contribution in [2.24, 2.45) is 5.92 Å². The number of ether oxygens (including phenoxy) is 1. The molecule has 2 aliphatic rings. The summed E-state index contributed by atoms with van der Waals surface area (Å²) in [5.74, 6) is 0.933. The third-order valence-corrected chi connectivity index (χ3v) is 4.59. The van der Waals surface area contributed by atoms with E-state index < -0.39 is 0 Å². The van der Waals surface area contributed by atoms with Crippen LogP contribution in [0.4, 0.5) is 0 Å². The fourth-order valence-electron chi connectivity index (χ4n) is 3.38. The minimum Gasteiger partial charge on any atom is -0.379 e. The summed E-state index contributed by atoms with van der Waals surface area (Å²) in [4.78, 5) is 2.53. The zero-order chi connectivity index (χ0) is 12.6. The lowest BCUT2D eigenvalue weighted by molar-refractivity contribution is 0.0372. The van der Waals surface area contributed by atoms with E-state index in [4.69, 9.17) is 4.74 Å². The Kier molecular flexibility index (Phi) is 6.46. The molecule has 0 aromatic carbocycles. The molecule has 1 saturated heterocycles. The van der Waals surface area contributed by atoms with Crippen molar-refractivity contribution in [1.29, 1.82) is 0 Å². The lowest BCUT2D eigenvalue weighted by atomic mass is 9.83. The van der Waals surface area contributed by atoms with E-state index in [0.29, 0.717) is 0 Å². The summed E-state index contributed by atoms with van der Waals surface area (Å²) >= 11 is 0. The molecule has 3 heteroatoms. The fourth-order valence-corrected chi connectivity index (χ4v) is 3.38. The van der Waals surface area contributed by atoms with E-state index in [9.17, 15) is 0 Å². The molecule has 1 heterocycles. The van der Waals surface area contributed by atoms with Crippen LogP contribution in [0.25, 0.3) is 0 Å². The Morgan fingerprint density at radius 2 is 1.94 bits per heavy atom. The first-order valence-electron chi connectivity index (χ1n) is 7.93. The lowest BCUT2D eigenvalue weighted by Crippen LogP contribution is -2.41. The van der Waals surface area contributed by atoms with Crippen molar-refractivity contribution in [3.05, 3.63) is 0 Å². The average Bonchev–Trinajstić information content (AvgIpc) is 2.45. The highest BCUT2D eigenvalue weighted by atomic mass is 16.5. The van der Waals surface area contributed by atoms with Gasteiger partial charge in [-0.1, -0.05) is 26.2 Å². The molecule has 1 aliphatic carbocycles. The Balaban J connectivity index is 1.56. The van der Waals surface area contributed by atoms with Gasteiger partial charge in [0, 0.05) is 19.1 Å². The number of nitrogens with one attached hydrogen (secondary N) is 1. The Morgan fingerprint density at radius 1 is 1.17 bits per heavy atom. The molecule has 18 heavy (non-hydrogen) atoms. The van der Waals surface area contributed by atoms with Crippen LogP contribution in [0.2, 0.25) is 0 Å². The second kappa shape index (κ2) is 8.13. The predicted molar refractivity (Wildman–Crippen MR) is 75.9 cm³/mol. The third kappa shape index (κ3) is 4.52. The molecule has 0 aromatic rings. The maximum Gasteiger partial charge on any atom is 0.0594 e. The lowest BCUT2D eigenvalue weighted by Gasteiger charge is -2.32. The van der Waals surface area contributed by atoms with Crippen molar-refractivity contribution in [3.63, 3.8) is 0 Å². The zero-order valence-corrected chi connectivity index (χ0v) is 12.0. The number of nitrogens with zero attached hydrogens (tertiary/aromatic N) is 1. The molecule has 2 unspecified atom stereocenters. The SMILES string of the molecule is CCC1CCCCC1NCCCN1CCOCC1. The highest BCUT2D eigenvalue weighted by molar-refractivity contribution is 4.80. The van der Waals surface area contributed by atoms with E-state index >= 15 is 0 Å². The Labute approximate surface area is 112 Å². The van der Waals surface area contributed by atoms with Gasteiger partial charge in [0.1, 0.15) is 0 Å². The molecule has 2 atom stereocenters. The van der Waals surface area contributed by atoms with Crippen LogP contribution in [0.15, 0.2) is 0 Å². The molecule has 0 radical (unpaired) electrons. The molecule has 0 amide bonds. The van der Waals surface area contributed by atoms with Crippen molar-refractivity contribution in [1.82, 2.24) is 10.2 Å². The maximum atomic E-state index is 5.37. The normalized spacial score (nSPS) is 30.5. The van der Waals surface area contributed by atoms with Crippen molar-refractivity contribution in [2.75, 3.05) is 39.4 Å². The maximum absolute atomic E-state index is 5.37. The summed E-state index contributed by atoms with van der Waals surface area (Å²) in [6.07, 6.45) is 8.35. The first-order chi connectivity index (χ1) is 8.90. The zero-order valence-electron chi connectivity index (χ0n) is 12.0. The third-order valence-electron chi connectivity index (χ3n) is 4.59. The van der Waals surface area contributed by atoms with Gasteiger partial charge in [-0.2, -0.15) is 0 Å². The van der Waals surface area contributed by atoms with Gasteiger partial charge in [0.15, 0.2) is 0 Å². The predicted octanol–water partition coefficient (Wildman–Crippen LogP) is 2.27. The van der Waals surface area contributed by atoms with Crippen molar-refractivity contribution in [3.8, 4) is 0 Å². The first-order valence-corrected chi connectivity index (χ1v) is 7.93. The van der Waals surface area contributed by atoms with Gasteiger partial charge in [0.2, 0.25) is 0 Å². The van der Waals surface area contributed by atoms with Gasteiger partial charge in [0.05, 0.1) is 13.2 Å². The van der Waals surface area contributed by atoms with E-state index in [0.717, 1.165) is 38.3 Å². The van der Waals surface area contributed by atoms with Crippen LogP contribution in [0.5, 0.6) is 0 Å². The highest BCUT2D eigenvalue weighted by Gasteiger charge is 2.22. The molecule has 1 aliphatic heterocycles. The highest BCUT2D eigenvalue weighted by Crippen LogP contribution is 2.26. The van der Waals surface area contributed by atoms with Crippen LogP contribution < -0.4 is 5.32 Å². The van der Waals surface area contributed by atoms with Gasteiger partial charge in [-0.15, -0.1) is 0 Å². The minimum atomic E-state index is 0.799. The van der Waals surface area contributed by atoms with Gasteiger partial charge in [-0.05, 0) is 38.3 Å². The van der Waals surface area contributed by atoms with E-state index in [1.165, 1.54) is 51.6 Å². The standard InChI is InChI=1S/C15H30N2O/c1-2-14-6-3-4-7-15(14)16-8-5-9-17-10-12-18-13-11-17/h14-16H,2-13H2,1H3. The van der Waals surface area contributed by atoms with Crippen LogP contribution >= 0.6 is 0 Å². The molecular formula is C15H30N2O. The Bertz CT molecular complexity index is 217. The van der Waals surface area contributed by atoms with E-state index in [1.807, 2.05) is 0 Å². The average molecular weight is 254 g/mol. The van der Waals surface area contributed by atoms with E-state index in [1.54, 1.807) is 0 Å². The van der Waals surface area contributed by atoms with Crippen LogP contribution in [-0.2, 0) is 4.74 Å². The van der Waals surface area contributed by atoms with Crippen LogP contribution in [0.1, 0.15) is 45.4 Å². The number of hydrogen-bond acceptors (Lipinski definition) is 3. The summed E-state index contributed by atoms with van der Waals surface area (Å²) in [5, 5.41) is 3.80. The van der Waals surface area contributed by atoms with Gasteiger partial charge in [-0.3, -0.25) is 4.90 Å². The molecule has 3 nitrogen and oxygen atoms in total. The molecule has 1 N–H and O–H groups in total. The molecule has 1 saturated carbocycles. The number of morpholine rings is 1. The van der Waals surface area contributed by atoms with Gasteiger partial charge in [-0.25, -0.2) is 0 Å². The molecule has 106 valence electrons. The number of rotatable bonds is 6. The summed E-state index contributed by atoms with van der Waals surface area (Å²) in [6, 6.07) is 0.799. The monoisotopic (exact) mass is 254 g/mol. The Hall–Kier alpha value is -0.120. The summed E-state index contributed by atoms with van der Waals surface area (Å²) in [5.41, 5.74) is 0. The fraction of sp³-hybridized carbons (Fsp3) is 1.00.